The van der Waals surface area contributed by atoms with Crippen molar-refractivity contribution in [3.63, 3.8) is 0 Å². The zero-order chi connectivity index (χ0) is 9.97. The number of aromatic hydroxyl groups is 1. The fourth-order valence-corrected chi connectivity index (χ4v) is 1.58. The molecule has 0 aromatic heterocycles. The Bertz CT molecular complexity index is 323. The first kappa shape index (κ1) is 9.31. The molecule has 76 valence electrons. The fraction of sp³-hybridized carbons (Fsp3) is 0.455. The number of phenolic OH excluding ortho intramolecular Hbond substituents is 1. The molecule has 0 saturated heterocycles. The number of anilines is 1. The predicted octanol–water partition coefficient (Wildman–Crippen LogP) is 2.74. The van der Waals surface area contributed by atoms with Gasteiger partial charge < -0.3 is 10.4 Å². The minimum absolute atomic E-state index is 0.292. The second-order valence-corrected chi connectivity index (χ2v) is 3.84. The molecule has 1 aliphatic rings. The zero-order valence-electron chi connectivity index (χ0n) is 7.96. The fourth-order valence-electron chi connectivity index (χ4n) is 1.58. The molecule has 0 amide bonds. The van der Waals surface area contributed by atoms with Gasteiger partial charge in [-0.15, -0.1) is 0 Å². The summed E-state index contributed by atoms with van der Waals surface area (Å²) in [5.74, 6) is -0.116. The third-order valence-corrected chi connectivity index (χ3v) is 2.77. The Morgan fingerprint density at radius 1 is 1.43 bits per heavy atom. The summed E-state index contributed by atoms with van der Waals surface area (Å²) in [4.78, 5) is 0. The molecule has 2 N–H and O–H groups in total. The van der Waals surface area contributed by atoms with Crippen molar-refractivity contribution in [2.45, 2.75) is 19.3 Å². The third kappa shape index (κ3) is 1.97. The summed E-state index contributed by atoms with van der Waals surface area (Å²) in [6.45, 7) is 0.907. The molecule has 1 fully saturated rings. The quantitative estimate of drug-likeness (QED) is 0.727. The number of benzene rings is 1. The first-order chi connectivity index (χ1) is 6.75. The minimum atomic E-state index is -0.566. The lowest BCUT2D eigenvalue weighted by Gasteiger charge is -2.25. The Labute approximate surface area is 82.8 Å². The second kappa shape index (κ2) is 3.86. The van der Waals surface area contributed by atoms with Gasteiger partial charge in [0.05, 0.1) is 0 Å². The van der Waals surface area contributed by atoms with Crippen molar-refractivity contribution in [1.82, 2.24) is 0 Å². The van der Waals surface area contributed by atoms with Crippen molar-refractivity contribution in [3.8, 4) is 5.75 Å². The van der Waals surface area contributed by atoms with E-state index in [9.17, 15) is 4.39 Å². The van der Waals surface area contributed by atoms with Crippen LogP contribution in [0.4, 0.5) is 10.1 Å². The average Bonchev–Trinajstić information content (AvgIpc) is 2.08. The zero-order valence-corrected chi connectivity index (χ0v) is 7.96. The molecular weight excluding hydrogens is 181 g/mol. The number of phenols is 1. The Kier molecular flexibility index (Phi) is 2.57. The summed E-state index contributed by atoms with van der Waals surface area (Å²) >= 11 is 0. The lowest BCUT2D eigenvalue weighted by Crippen LogP contribution is -2.20. The van der Waals surface area contributed by atoms with E-state index in [1.807, 2.05) is 0 Å². The number of nitrogens with one attached hydrogen (secondary N) is 1. The molecule has 0 heterocycles. The van der Waals surface area contributed by atoms with Gasteiger partial charge in [0, 0.05) is 18.3 Å². The summed E-state index contributed by atoms with van der Waals surface area (Å²) < 4.78 is 12.9. The standard InChI is InChI=1S/C11H14FNO/c12-10-6-9(4-5-11(10)14)13-7-8-2-1-3-8/h4-6,8,13-14H,1-3,7H2. The van der Waals surface area contributed by atoms with Gasteiger partial charge in [-0.25, -0.2) is 4.39 Å². The highest BCUT2D eigenvalue weighted by molar-refractivity contribution is 5.46. The van der Waals surface area contributed by atoms with Crippen LogP contribution in [0.2, 0.25) is 0 Å². The van der Waals surface area contributed by atoms with Gasteiger partial charge in [0.15, 0.2) is 11.6 Å². The van der Waals surface area contributed by atoms with E-state index in [0.29, 0.717) is 0 Å². The molecule has 1 saturated carbocycles. The Hall–Kier alpha value is -1.25. The smallest absolute Gasteiger partial charge is 0.166 e. The van der Waals surface area contributed by atoms with Crippen molar-refractivity contribution in [2.24, 2.45) is 5.92 Å². The van der Waals surface area contributed by atoms with E-state index in [1.54, 1.807) is 6.07 Å². The molecule has 0 radical (unpaired) electrons. The Balaban J connectivity index is 1.91. The molecule has 2 rings (SSSR count). The maximum atomic E-state index is 12.9. The van der Waals surface area contributed by atoms with Crippen molar-refractivity contribution < 1.29 is 9.50 Å². The van der Waals surface area contributed by atoms with Crippen LogP contribution in [0.3, 0.4) is 0 Å². The first-order valence-corrected chi connectivity index (χ1v) is 4.98. The van der Waals surface area contributed by atoms with Crippen molar-refractivity contribution in [1.29, 1.82) is 0 Å². The summed E-state index contributed by atoms with van der Waals surface area (Å²) in [7, 11) is 0. The average molecular weight is 195 g/mol. The first-order valence-electron chi connectivity index (χ1n) is 4.98. The minimum Gasteiger partial charge on any atom is -0.505 e. The molecule has 0 bridgehead atoms. The maximum absolute atomic E-state index is 12.9. The SMILES string of the molecule is Oc1ccc(NCC2CCC2)cc1F. The van der Waals surface area contributed by atoms with Gasteiger partial charge in [0.2, 0.25) is 0 Å². The molecule has 0 unspecified atom stereocenters. The van der Waals surface area contributed by atoms with Gasteiger partial charge in [-0.2, -0.15) is 0 Å². The lowest BCUT2D eigenvalue weighted by molar-refractivity contribution is 0.333. The largest absolute Gasteiger partial charge is 0.505 e. The van der Waals surface area contributed by atoms with Crippen LogP contribution in [0.25, 0.3) is 0 Å². The normalized spacial score (nSPS) is 16.4. The van der Waals surface area contributed by atoms with Crippen LogP contribution in [-0.4, -0.2) is 11.7 Å². The highest BCUT2D eigenvalue weighted by Crippen LogP contribution is 2.27. The van der Waals surface area contributed by atoms with Crippen LogP contribution in [0.15, 0.2) is 18.2 Å². The molecule has 1 aliphatic carbocycles. The Morgan fingerprint density at radius 3 is 2.79 bits per heavy atom. The van der Waals surface area contributed by atoms with E-state index in [2.05, 4.69) is 5.32 Å². The molecule has 0 spiro atoms. The predicted molar refractivity (Wildman–Crippen MR) is 53.9 cm³/mol. The van der Waals surface area contributed by atoms with E-state index in [0.717, 1.165) is 18.2 Å². The van der Waals surface area contributed by atoms with Crippen LogP contribution in [0.1, 0.15) is 19.3 Å². The summed E-state index contributed by atoms with van der Waals surface area (Å²) in [5, 5.41) is 12.1. The van der Waals surface area contributed by atoms with Crippen LogP contribution in [0, 0.1) is 11.7 Å². The molecule has 3 heteroatoms. The summed E-state index contributed by atoms with van der Waals surface area (Å²) in [6.07, 6.45) is 3.86. The highest BCUT2D eigenvalue weighted by atomic mass is 19.1. The van der Waals surface area contributed by atoms with Gasteiger partial charge >= 0.3 is 0 Å². The van der Waals surface area contributed by atoms with Gasteiger partial charge in [-0.1, -0.05) is 6.42 Å². The van der Waals surface area contributed by atoms with Gasteiger partial charge in [-0.05, 0) is 30.9 Å². The van der Waals surface area contributed by atoms with Crippen LogP contribution in [-0.2, 0) is 0 Å². The van der Waals surface area contributed by atoms with E-state index in [4.69, 9.17) is 5.11 Å². The van der Waals surface area contributed by atoms with Crippen LogP contribution in [0.5, 0.6) is 5.75 Å². The summed E-state index contributed by atoms with van der Waals surface area (Å²) in [6, 6.07) is 4.39. The molecule has 0 atom stereocenters. The van der Waals surface area contributed by atoms with E-state index < -0.39 is 5.82 Å². The summed E-state index contributed by atoms with van der Waals surface area (Å²) in [5.41, 5.74) is 0.743. The molecule has 1 aromatic carbocycles. The second-order valence-electron chi connectivity index (χ2n) is 3.84. The number of hydrogen-bond acceptors (Lipinski definition) is 2. The van der Waals surface area contributed by atoms with E-state index in [-0.39, 0.29) is 5.75 Å². The van der Waals surface area contributed by atoms with Crippen molar-refractivity contribution in [3.05, 3.63) is 24.0 Å². The molecule has 0 aliphatic heterocycles. The van der Waals surface area contributed by atoms with Crippen molar-refractivity contribution >= 4 is 5.69 Å². The van der Waals surface area contributed by atoms with Gasteiger partial charge in [-0.3, -0.25) is 0 Å². The van der Waals surface area contributed by atoms with E-state index >= 15 is 0 Å². The van der Waals surface area contributed by atoms with Crippen LogP contribution >= 0.6 is 0 Å². The maximum Gasteiger partial charge on any atom is 0.166 e. The molecule has 1 aromatic rings. The number of hydrogen-bond donors (Lipinski definition) is 2. The lowest BCUT2D eigenvalue weighted by atomic mass is 9.85. The monoisotopic (exact) mass is 195 g/mol. The topological polar surface area (TPSA) is 32.3 Å². The van der Waals surface area contributed by atoms with E-state index in [1.165, 1.54) is 31.4 Å². The molecule has 2 nitrogen and oxygen atoms in total. The third-order valence-electron chi connectivity index (χ3n) is 2.77. The number of halogens is 1. The highest BCUT2D eigenvalue weighted by Gasteiger charge is 2.16. The number of rotatable bonds is 3. The Morgan fingerprint density at radius 2 is 2.21 bits per heavy atom. The molecular formula is C11H14FNO. The van der Waals surface area contributed by atoms with Crippen molar-refractivity contribution in [2.75, 3.05) is 11.9 Å². The van der Waals surface area contributed by atoms with Gasteiger partial charge in [0.25, 0.3) is 0 Å². The van der Waals surface area contributed by atoms with Gasteiger partial charge in [0.1, 0.15) is 0 Å². The van der Waals surface area contributed by atoms with Crippen LogP contribution < -0.4 is 5.32 Å². The molecule has 14 heavy (non-hydrogen) atoms.